The molecule has 0 aliphatic carbocycles. The summed E-state index contributed by atoms with van der Waals surface area (Å²) in [6, 6.07) is 0.496. The minimum Gasteiger partial charge on any atom is -0.379 e. The van der Waals surface area contributed by atoms with E-state index in [9.17, 15) is 0 Å². The third-order valence-electron chi connectivity index (χ3n) is 3.55. The van der Waals surface area contributed by atoms with Crippen molar-refractivity contribution in [3.8, 4) is 0 Å². The van der Waals surface area contributed by atoms with Crippen LogP contribution in [0.25, 0.3) is 0 Å². The van der Waals surface area contributed by atoms with Gasteiger partial charge in [-0.1, -0.05) is 0 Å². The summed E-state index contributed by atoms with van der Waals surface area (Å²) in [5.41, 5.74) is 3.48. The molecule has 1 aromatic rings. The van der Waals surface area contributed by atoms with Crippen LogP contribution >= 0.6 is 0 Å². The van der Waals surface area contributed by atoms with Crippen molar-refractivity contribution in [1.82, 2.24) is 9.78 Å². The van der Waals surface area contributed by atoms with Crippen LogP contribution in [0.2, 0.25) is 0 Å². The van der Waals surface area contributed by atoms with E-state index in [2.05, 4.69) is 38.1 Å². The second kappa shape index (κ2) is 4.69. The number of aryl methyl sites for hydroxylation is 2. The van der Waals surface area contributed by atoms with E-state index < -0.39 is 0 Å². The van der Waals surface area contributed by atoms with E-state index in [1.165, 1.54) is 11.4 Å². The first kappa shape index (κ1) is 12.4. The van der Waals surface area contributed by atoms with Gasteiger partial charge in [-0.3, -0.25) is 4.68 Å². The lowest BCUT2D eigenvalue weighted by Gasteiger charge is -2.33. The molecule has 4 heteroatoms. The van der Waals surface area contributed by atoms with Crippen LogP contribution in [0.15, 0.2) is 0 Å². The number of ether oxygens (including phenoxy) is 1. The molecule has 0 amide bonds. The van der Waals surface area contributed by atoms with Gasteiger partial charge in [0, 0.05) is 13.1 Å². The van der Waals surface area contributed by atoms with Crippen LogP contribution < -0.4 is 5.32 Å². The minimum absolute atomic E-state index is 0.341. The van der Waals surface area contributed by atoms with Crippen molar-refractivity contribution in [3.63, 3.8) is 0 Å². The topological polar surface area (TPSA) is 39.1 Å². The van der Waals surface area contributed by atoms with Crippen molar-refractivity contribution >= 4 is 5.69 Å². The van der Waals surface area contributed by atoms with Gasteiger partial charge in [-0.25, -0.2) is 0 Å². The van der Waals surface area contributed by atoms with Crippen LogP contribution in [0.4, 0.5) is 5.69 Å². The number of anilines is 1. The zero-order valence-electron chi connectivity index (χ0n) is 11.4. The van der Waals surface area contributed by atoms with Crippen LogP contribution in [0, 0.1) is 13.8 Å². The number of rotatable bonds is 2. The Morgan fingerprint density at radius 1 is 1.24 bits per heavy atom. The maximum Gasteiger partial charge on any atom is 0.0827 e. The molecule has 0 radical (unpaired) electrons. The molecule has 0 saturated carbocycles. The van der Waals surface area contributed by atoms with Crippen LogP contribution in [0.1, 0.15) is 38.1 Å². The Bertz CT molecular complexity index is 390. The average molecular weight is 237 g/mol. The van der Waals surface area contributed by atoms with Gasteiger partial charge in [0.05, 0.1) is 29.3 Å². The Balaban J connectivity index is 2.10. The molecule has 1 aliphatic rings. The molecular weight excluding hydrogens is 214 g/mol. The van der Waals surface area contributed by atoms with Gasteiger partial charge in [-0.05, 0) is 40.5 Å². The van der Waals surface area contributed by atoms with Crippen LogP contribution in [-0.2, 0) is 11.8 Å². The second-order valence-corrected chi connectivity index (χ2v) is 5.24. The lowest BCUT2D eigenvalue weighted by atomic mass is 9.99. The molecule has 17 heavy (non-hydrogen) atoms. The SMILES string of the molecule is Cc1nn(C)c(C)c1NC1CC(C)OC(C)C1. The Hall–Kier alpha value is -1.03. The maximum atomic E-state index is 5.76. The maximum absolute atomic E-state index is 5.76. The Morgan fingerprint density at radius 3 is 2.29 bits per heavy atom. The summed E-state index contributed by atoms with van der Waals surface area (Å²) in [5, 5.41) is 8.07. The first-order valence-corrected chi connectivity index (χ1v) is 6.39. The monoisotopic (exact) mass is 237 g/mol. The highest BCUT2D eigenvalue weighted by Crippen LogP contribution is 2.25. The molecule has 4 nitrogen and oxygen atoms in total. The number of hydrogen-bond acceptors (Lipinski definition) is 3. The number of nitrogens with zero attached hydrogens (tertiary/aromatic N) is 2. The highest BCUT2D eigenvalue weighted by Gasteiger charge is 2.25. The van der Waals surface area contributed by atoms with Crippen molar-refractivity contribution in [2.45, 2.75) is 58.8 Å². The summed E-state index contributed by atoms with van der Waals surface area (Å²) in [4.78, 5) is 0. The Kier molecular flexibility index (Phi) is 3.43. The zero-order chi connectivity index (χ0) is 12.6. The molecule has 96 valence electrons. The lowest BCUT2D eigenvalue weighted by molar-refractivity contribution is -0.0337. The van der Waals surface area contributed by atoms with E-state index in [1.807, 2.05) is 11.7 Å². The van der Waals surface area contributed by atoms with Gasteiger partial charge >= 0.3 is 0 Å². The minimum atomic E-state index is 0.341. The molecule has 1 N–H and O–H groups in total. The molecular formula is C13H23N3O. The molecule has 1 aromatic heterocycles. The van der Waals surface area contributed by atoms with Crippen molar-refractivity contribution in [2.75, 3.05) is 5.32 Å². The summed E-state index contributed by atoms with van der Waals surface area (Å²) in [6.45, 7) is 8.45. The van der Waals surface area contributed by atoms with Crippen LogP contribution in [0.5, 0.6) is 0 Å². The van der Waals surface area contributed by atoms with Gasteiger partial charge in [0.25, 0.3) is 0 Å². The third-order valence-corrected chi connectivity index (χ3v) is 3.55. The highest BCUT2D eigenvalue weighted by atomic mass is 16.5. The van der Waals surface area contributed by atoms with Gasteiger partial charge < -0.3 is 10.1 Å². The molecule has 2 unspecified atom stereocenters. The average Bonchev–Trinajstić information content (AvgIpc) is 2.44. The van der Waals surface area contributed by atoms with Crippen molar-refractivity contribution < 1.29 is 4.74 Å². The fourth-order valence-corrected chi connectivity index (χ4v) is 2.71. The molecule has 1 aliphatic heterocycles. The molecule has 0 bridgehead atoms. The first-order chi connectivity index (χ1) is 7.97. The van der Waals surface area contributed by atoms with Gasteiger partial charge in [0.2, 0.25) is 0 Å². The van der Waals surface area contributed by atoms with E-state index in [-0.39, 0.29) is 0 Å². The van der Waals surface area contributed by atoms with Crippen LogP contribution in [-0.4, -0.2) is 28.0 Å². The van der Waals surface area contributed by atoms with E-state index >= 15 is 0 Å². The summed E-state index contributed by atoms with van der Waals surface area (Å²) in [5.74, 6) is 0. The van der Waals surface area contributed by atoms with Crippen molar-refractivity contribution in [1.29, 1.82) is 0 Å². The molecule has 0 spiro atoms. The molecule has 2 heterocycles. The Morgan fingerprint density at radius 2 is 1.82 bits per heavy atom. The van der Waals surface area contributed by atoms with E-state index in [4.69, 9.17) is 4.74 Å². The Labute approximate surface area is 103 Å². The third kappa shape index (κ3) is 2.63. The smallest absolute Gasteiger partial charge is 0.0827 e. The zero-order valence-corrected chi connectivity index (χ0v) is 11.4. The quantitative estimate of drug-likeness (QED) is 0.858. The van der Waals surface area contributed by atoms with Gasteiger partial charge in [-0.15, -0.1) is 0 Å². The van der Waals surface area contributed by atoms with E-state index in [0.717, 1.165) is 18.5 Å². The van der Waals surface area contributed by atoms with Gasteiger partial charge in [0.1, 0.15) is 0 Å². The van der Waals surface area contributed by atoms with Crippen LogP contribution in [0.3, 0.4) is 0 Å². The fraction of sp³-hybridized carbons (Fsp3) is 0.769. The molecule has 1 fully saturated rings. The molecule has 2 atom stereocenters. The van der Waals surface area contributed by atoms with Gasteiger partial charge in [-0.2, -0.15) is 5.10 Å². The molecule has 2 rings (SSSR count). The van der Waals surface area contributed by atoms with Crippen molar-refractivity contribution in [2.24, 2.45) is 7.05 Å². The summed E-state index contributed by atoms with van der Waals surface area (Å²) < 4.78 is 7.69. The summed E-state index contributed by atoms with van der Waals surface area (Å²) >= 11 is 0. The predicted octanol–water partition coefficient (Wildman–Crippen LogP) is 2.40. The summed E-state index contributed by atoms with van der Waals surface area (Å²) in [7, 11) is 1.99. The fourth-order valence-electron chi connectivity index (χ4n) is 2.71. The highest BCUT2D eigenvalue weighted by molar-refractivity contribution is 5.52. The normalized spacial score (nSPS) is 29.4. The molecule has 0 aromatic carbocycles. The molecule has 1 saturated heterocycles. The van der Waals surface area contributed by atoms with Crippen molar-refractivity contribution in [3.05, 3.63) is 11.4 Å². The van der Waals surface area contributed by atoms with Gasteiger partial charge in [0.15, 0.2) is 0 Å². The number of hydrogen-bond donors (Lipinski definition) is 1. The van der Waals surface area contributed by atoms with E-state index in [0.29, 0.717) is 18.2 Å². The second-order valence-electron chi connectivity index (χ2n) is 5.24. The summed E-state index contributed by atoms with van der Waals surface area (Å²) in [6.07, 6.45) is 2.82. The standard InChI is InChI=1S/C13H23N3O/c1-8-6-12(7-9(2)17-8)14-13-10(3)15-16(5)11(13)4/h8-9,12,14H,6-7H2,1-5H3. The first-order valence-electron chi connectivity index (χ1n) is 6.39. The number of nitrogens with one attached hydrogen (secondary N) is 1. The predicted molar refractivity (Wildman–Crippen MR) is 69.3 cm³/mol. The number of aromatic nitrogens is 2. The largest absolute Gasteiger partial charge is 0.379 e. The van der Waals surface area contributed by atoms with E-state index in [1.54, 1.807) is 0 Å². The lowest BCUT2D eigenvalue weighted by Crippen LogP contribution is -2.37.